The van der Waals surface area contributed by atoms with E-state index < -0.39 is 0 Å². The molecule has 1 aromatic rings. The van der Waals surface area contributed by atoms with Gasteiger partial charge in [-0.3, -0.25) is 0 Å². The third-order valence-corrected chi connectivity index (χ3v) is 2.34. The van der Waals surface area contributed by atoms with Gasteiger partial charge in [-0.2, -0.15) is 0 Å². The summed E-state index contributed by atoms with van der Waals surface area (Å²) >= 11 is 0. The maximum atomic E-state index is 8.87. The van der Waals surface area contributed by atoms with Crippen LogP contribution < -0.4 is 10.1 Å². The first-order valence-electron chi connectivity index (χ1n) is 4.57. The van der Waals surface area contributed by atoms with Gasteiger partial charge >= 0.3 is 0 Å². The molecule has 2 rings (SSSR count). The number of methoxy groups -OCH3 is 1. The SMILES string of the molecule is COc1nccnc1NC1CC1CO. The number of anilines is 1. The van der Waals surface area contributed by atoms with Gasteiger partial charge in [0, 0.05) is 31.0 Å². The van der Waals surface area contributed by atoms with Crippen LogP contribution in [0.2, 0.25) is 0 Å². The normalized spacial score (nSPS) is 24.4. The van der Waals surface area contributed by atoms with Crippen LogP contribution in [0.4, 0.5) is 5.82 Å². The van der Waals surface area contributed by atoms with Gasteiger partial charge in [0.25, 0.3) is 5.88 Å². The van der Waals surface area contributed by atoms with E-state index in [1.165, 1.54) is 0 Å². The Bertz CT molecular complexity index is 319. The van der Waals surface area contributed by atoms with Crippen LogP contribution in [-0.2, 0) is 0 Å². The van der Waals surface area contributed by atoms with Crippen LogP contribution in [0, 0.1) is 5.92 Å². The van der Waals surface area contributed by atoms with Crippen molar-refractivity contribution in [2.75, 3.05) is 19.0 Å². The summed E-state index contributed by atoms with van der Waals surface area (Å²) in [7, 11) is 1.56. The molecule has 1 fully saturated rings. The molecule has 5 heteroatoms. The second kappa shape index (κ2) is 3.79. The van der Waals surface area contributed by atoms with E-state index in [4.69, 9.17) is 9.84 Å². The standard InChI is InChI=1S/C9H13N3O2/c1-14-9-8(10-2-3-11-9)12-7-4-6(7)5-13/h2-3,6-7,13H,4-5H2,1H3,(H,10,12). The van der Waals surface area contributed by atoms with Crippen molar-refractivity contribution in [1.82, 2.24) is 9.97 Å². The van der Waals surface area contributed by atoms with Gasteiger partial charge in [0.1, 0.15) is 0 Å². The van der Waals surface area contributed by atoms with E-state index in [-0.39, 0.29) is 6.61 Å². The van der Waals surface area contributed by atoms with E-state index in [9.17, 15) is 0 Å². The molecule has 1 heterocycles. The maximum absolute atomic E-state index is 8.87. The van der Waals surface area contributed by atoms with Crippen LogP contribution in [0.3, 0.4) is 0 Å². The van der Waals surface area contributed by atoms with Gasteiger partial charge in [0.2, 0.25) is 0 Å². The quantitative estimate of drug-likeness (QED) is 0.722. The third kappa shape index (κ3) is 1.77. The average Bonchev–Trinajstić information content (AvgIpc) is 2.97. The van der Waals surface area contributed by atoms with Crippen molar-refractivity contribution >= 4 is 5.82 Å². The Hall–Kier alpha value is -1.36. The van der Waals surface area contributed by atoms with Crippen molar-refractivity contribution in [3.63, 3.8) is 0 Å². The molecule has 1 saturated carbocycles. The number of nitrogens with one attached hydrogen (secondary N) is 1. The molecule has 14 heavy (non-hydrogen) atoms. The second-order valence-corrected chi connectivity index (χ2v) is 3.34. The predicted molar refractivity (Wildman–Crippen MR) is 51.2 cm³/mol. The fourth-order valence-corrected chi connectivity index (χ4v) is 1.38. The summed E-state index contributed by atoms with van der Waals surface area (Å²) in [5.41, 5.74) is 0. The molecule has 0 saturated heterocycles. The number of aliphatic hydroxyl groups is 1. The molecular weight excluding hydrogens is 182 g/mol. The van der Waals surface area contributed by atoms with Gasteiger partial charge in [-0.1, -0.05) is 0 Å². The lowest BCUT2D eigenvalue weighted by Gasteiger charge is -2.07. The number of ether oxygens (including phenoxy) is 1. The molecule has 2 unspecified atom stereocenters. The highest BCUT2D eigenvalue weighted by Gasteiger charge is 2.37. The lowest BCUT2D eigenvalue weighted by atomic mass is 10.4. The average molecular weight is 195 g/mol. The molecule has 1 aromatic heterocycles. The summed E-state index contributed by atoms with van der Waals surface area (Å²) in [5.74, 6) is 1.49. The molecule has 0 amide bonds. The Labute approximate surface area is 82.1 Å². The summed E-state index contributed by atoms with van der Waals surface area (Å²) in [6, 6.07) is 0.311. The number of aromatic nitrogens is 2. The van der Waals surface area contributed by atoms with Gasteiger partial charge in [0.05, 0.1) is 7.11 Å². The number of nitrogens with zero attached hydrogens (tertiary/aromatic N) is 2. The molecular formula is C9H13N3O2. The van der Waals surface area contributed by atoms with E-state index in [0.29, 0.717) is 23.7 Å². The zero-order valence-electron chi connectivity index (χ0n) is 7.97. The lowest BCUT2D eigenvalue weighted by molar-refractivity contribution is 0.275. The minimum Gasteiger partial charge on any atom is -0.478 e. The van der Waals surface area contributed by atoms with Gasteiger partial charge in [0.15, 0.2) is 5.82 Å². The van der Waals surface area contributed by atoms with Crippen LogP contribution in [0.15, 0.2) is 12.4 Å². The minimum absolute atomic E-state index is 0.222. The number of aliphatic hydroxyl groups excluding tert-OH is 1. The highest BCUT2D eigenvalue weighted by Crippen LogP contribution is 2.33. The van der Waals surface area contributed by atoms with Crippen LogP contribution in [-0.4, -0.2) is 34.8 Å². The first-order chi connectivity index (χ1) is 6.85. The minimum atomic E-state index is 0.222. The number of rotatable bonds is 4. The monoisotopic (exact) mass is 195 g/mol. The summed E-state index contributed by atoms with van der Waals surface area (Å²) in [6.07, 6.45) is 4.18. The van der Waals surface area contributed by atoms with Crippen molar-refractivity contribution in [1.29, 1.82) is 0 Å². The Morgan fingerprint density at radius 3 is 3.00 bits per heavy atom. The first kappa shape index (κ1) is 9.21. The zero-order chi connectivity index (χ0) is 9.97. The van der Waals surface area contributed by atoms with E-state index >= 15 is 0 Å². The molecule has 0 bridgehead atoms. The third-order valence-electron chi connectivity index (χ3n) is 2.34. The smallest absolute Gasteiger partial charge is 0.257 e. The van der Waals surface area contributed by atoms with E-state index in [2.05, 4.69) is 15.3 Å². The van der Waals surface area contributed by atoms with Crippen LogP contribution in [0.25, 0.3) is 0 Å². The van der Waals surface area contributed by atoms with E-state index in [0.717, 1.165) is 6.42 Å². The Morgan fingerprint density at radius 2 is 2.36 bits per heavy atom. The molecule has 0 radical (unpaired) electrons. The van der Waals surface area contributed by atoms with Crippen LogP contribution >= 0.6 is 0 Å². The lowest BCUT2D eigenvalue weighted by Crippen LogP contribution is -2.09. The van der Waals surface area contributed by atoms with Crippen LogP contribution in [0.5, 0.6) is 5.88 Å². The van der Waals surface area contributed by atoms with Gasteiger partial charge < -0.3 is 15.2 Å². The highest BCUT2D eigenvalue weighted by molar-refractivity contribution is 5.46. The number of hydrogen-bond acceptors (Lipinski definition) is 5. The molecule has 1 aliphatic carbocycles. The van der Waals surface area contributed by atoms with E-state index in [1.807, 2.05) is 0 Å². The van der Waals surface area contributed by atoms with Crippen molar-refractivity contribution in [3.05, 3.63) is 12.4 Å². The molecule has 2 atom stereocenters. The largest absolute Gasteiger partial charge is 0.478 e. The fourth-order valence-electron chi connectivity index (χ4n) is 1.38. The zero-order valence-corrected chi connectivity index (χ0v) is 7.97. The maximum Gasteiger partial charge on any atom is 0.257 e. The van der Waals surface area contributed by atoms with Crippen molar-refractivity contribution < 1.29 is 9.84 Å². The molecule has 0 aromatic carbocycles. The van der Waals surface area contributed by atoms with E-state index in [1.54, 1.807) is 19.5 Å². The summed E-state index contributed by atoms with van der Waals surface area (Å²) in [4.78, 5) is 8.14. The first-order valence-corrected chi connectivity index (χ1v) is 4.57. The molecule has 76 valence electrons. The predicted octanol–water partition coefficient (Wildman–Crippen LogP) is 0.278. The van der Waals surface area contributed by atoms with Gasteiger partial charge in [-0.25, -0.2) is 9.97 Å². The Kier molecular flexibility index (Phi) is 2.49. The summed E-state index contributed by atoms with van der Waals surface area (Å²) in [5, 5.41) is 12.1. The van der Waals surface area contributed by atoms with Gasteiger partial charge in [-0.05, 0) is 6.42 Å². The molecule has 5 nitrogen and oxygen atoms in total. The second-order valence-electron chi connectivity index (χ2n) is 3.34. The van der Waals surface area contributed by atoms with Crippen LogP contribution in [0.1, 0.15) is 6.42 Å². The fraction of sp³-hybridized carbons (Fsp3) is 0.556. The highest BCUT2D eigenvalue weighted by atomic mass is 16.5. The molecule has 1 aliphatic rings. The van der Waals surface area contributed by atoms with Crippen molar-refractivity contribution in [2.24, 2.45) is 5.92 Å². The van der Waals surface area contributed by atoms with Crippen molar-refractivity contribution in [2.45, 2.75) is 12.5 Å². The molecule has 0 aliphatic heterocycles. The Morgan fingerprint density at radius 1 is 1.57 bits per heavy atom. The topological polar surface area (TPSA) is 67.3 Å². The molecule has 2 N–H and O–H groups in total. The van der Waals surface area contributed by atoms with Crippen molar-refractivity contribution in [3.8, 4) is 5.88 Å². The van der Waals surface area contributed by atoms with Gasteiger partial charge in [-0.15, -0.1) is 0 Å². The Balaban J connectivity index is 2.02. The number of hydrogen-bond donors (Lipinski definition) is 2. The summed E-state index contributed by atoms with van der Waals surface area (Å²) in [6.45, 7) is 0.222. The molecule has 0 spiro atoms. The summed E-state index contributed by atoms with van der Waals surface area (Å²) < 4.78 is 5.04.